The number of rotatable bonds is 6. The molecule has 4 nitrogen and oxygen atoms in total. The third-order valence-electron chi connectivity index (χ3n) is 6.43. The fourth-order valence-corrected chi connectivity index (χ4v) is 13.4. The zero-order valence-corrected chi connectivity index (χ0v) is 16.8. The van der Waals surface area contributed by atoms with Crippen LogP contribution in [0, 0.1) is 17.8 Å². The Kier molecular flexibility index (Phi) is 6.90. The molecule has 4 atom stereocenters. The Morgan fingerprint density at radius 1 is 1.17 bits per heavy atom. The van der Waals surface area contributed by atoms with Crippen LogP contribution in [-0.4, -0.2) is 33.2 Å². The molecule has 5 heteroatoms. The van der Waals surface area contributed by atoms with Crippen molar-refractivity contribution in [2.45, 2.75) is 77.1 Å². The van der Waals surface area contributed by atoms with Crippen LogP contribution in [-0.2, 0) is 19.1 Å². The average Bonchev–Trinajstić information content (AvgIpc) is 2.77. The molecule has 0 aromatic carbocycles. The van der Waals surface area contributed by atoms with Gasteiger partial charge >= 0.3 is 11.9 Å². The molecule has 0 bridgehead atoms. The maximum Gasteiger partial charge on any atom is 0.306 e. The lowest BCUT2D eigenvalue weighted by Gasteiger charge is -2.41. The van der Waals surface area contributed by atoms with Crippen LogP contribution in [0.15, 0.2) is 0 Å². The molecule has 24 heavy (non-hydrogen) atoms. The van der Waals surface area contributed by atoms with E-state index >= 15 is 0 Å². The molecule has 0 aromatic heterocycles. The van der Waals surface area contributed by atoms with Gasteiger partial charge < -0.3 is 9.47 Å². The van der Waals surface area contributed by atoms with Crippen LogP contribution in [0.5, 0.6) is 0 Å². The SMILES string of the molecule is CCOC(=O)C[C@@H]1C[Si]2(CCCCC2)[C@H]([C@H](C)COC(C)=O)[C@H]1C. The van der Waals surface area contributed by atoms with Gasteiger partial charge in [0.1, 0.15) is 0 Å². The molecule has 0 radical (unpaired) electrons. The van der Waals surface area contributed by atoms with Gasteiger partial charge in [-0.25, -0.2) is 0 Å². The highest BCUT2D eigenvalue weighted by Crippen LogP contribution is 2.58. The number of carbonyl (C=O) groups excluding carboxylic acids is 2. The fourth-order valence-electron chi connectivity index (χ4n) is 5.65. The Balaban J connectivity index is 2.13. The third kappa shape index (κ3) is 4.41. The Morgan fingerprint density at radius 2 is 1.83 bits per heavy atom. The van der Waals surface area contributed by atoms with Gasteiger partial charge in [0.25, 0.3) is 0 Å². The molecule has 2 aliphatic rings. The van der Waals surface area contributed by atoms with Crippen LogP contribution < -0.4 is 0 Å². The zero-order chi connectivity index (χ0) is 17.7. The number of carbonyl (C=O) groups is 2. The third-order valence-corrected chi connectivity index (χ3v) is 13.0. The first-order valence-corrected chi connectivity index (χ1v) is 12.4. The molecule has 2 heterocycles. The molecule has 2 saturated heterocycles. The summed E-state index contributed by atoms with van der Waals surface area (Å²) in [7, 11) is -1.40. The van der Waals surface area contributed by atoms with E-state index in [-0.39, 0.29) is 11.9 Å². The minimum atomic E-state index is -1.40. The Labute approximate surface area is 147 Å². The second kappa shape index (κ2) is 8.50. The molecule has 0 aromatic rings. The maximum atomic E-state index is 12.0. The predicted octanol–water partition coefficient (Wildman–Crippen LogP) is 4.41. The van der Waals surface area contributed by atoms with Crippen molar-refractivity contribution < 1.29 is 19.1 Å². The van der Waals surface area contributed by atoms with E-state index < -0.39 is 8.07 Å². The van der Waals surface area contributed by atoms with Crippen molar-refractivity contribution in [1.82, 2.24) is 0 Å². The van der Waals surface area contributed by atoms with E-state index in [0.717, 1.165) is 0 Å². The summed E-state index contributed by atoms with van der Waals surface area (Å²) >= 11 is 0. The lowest BCUT2D eigenvalue weighted by molar-refractivity contribution is -0.144. The summed E-state index contributed by atoms with van der Waals surface area (Å²) in [6.45, 7) is 8.94. The van der Waals surface area contributed by atoms with Gasteiger partial charge in [0.2, 0.25) is 0 Å². The van der Waals surface area contributed by atoms with Crippen LogP contribution in [0.1, 0.15) is 53.4 Å². The Bertz CT molecular complexity index is 445. The van der Waals surface area contributed by atoms with Crippen LogP contribution >= 0.6 is 0 Å². The van der Waals surface area contributed by atoms with Gasteiger partial charge in [-0.1, -0.05) is 51.2 Å². The molecular formula is C19H34O4Si. The first-order chi connectivity index (χ1) is 11.4. The van der Waals surface area contributed by atoms with E-state index in [1.165, 1.54) is 44.3 Å². The van der Waals surface area contributed by atoms with Gasteiger partial charge in [0.15, 0.2) is 0 Å². The molecule has 138 valence electrons. The van der Waals surface area contributed by atoms with E-state index in [9.17, 15) is 9.59 Å². The van der Waals surface area contributed by atoms with Crippen LogP contribution in [0.25, 0.3) is 0 Å². The standard InChI is InChI=1S/C19H34O4Si/c1-5-22-18(21)11-17-13-24(9-7-6-8-10-24)19(15(17)3)14(2)12-23-16(4)20/h14-15,17,19H,5-13H2,1-4H3/t14-,15+,17-,19-/m1/s1. The predicted molar refractivity (Wildman–Crippen MR) is 97.5 cm³/mol. The summed E-state index contributed by atoms with van der Waals surface area (Å²) in [5.41, 5.74) is 0.663. The first-order valence-electron chi connectivity index (χ1n) is 9.68. The van der Waals surface area contributed by atoms with Crippen molar-refractivity contribution in [3.8, 4) is 0 Å². The van der Waals surface area contributed by atoms with Crippen LogP contribution in [0.4, 0.5) is 0 Å². The van der Waals surface area contributed by atoms with Gasteiger partial charge in [-0.05, 0) is 30.2 Å². The summed E-state index contributed by atoms with van der Waals surface area (Å²) in [4.78, 5) is 23.3. The molecule has 2 rings (SSSR count). The van der Waals surface area contributed by atoms with Crippen molar-refractivity contribution in [3.05, 3.63) is 0 Å². The van der Waals surface area contributed by atoms with E-state index in [1.807, 2.05) is 6.92 Å². The average molecular weight is 355 g/mol. The molecule has 2 fully saturated rings. The first kappa shape index (κ1) is 19.5. The lowest BCUT2D eigenvalue weighted by Crippen LogP contribution is -2.42. The smallest absolute Gasteiger partial charge is 0.306 e. The summed E-state index contributed by atoms with van der Waals surface area (Å²) in [6.07, 6.45) is 4.63. The molecular weight excluding hydrogens is 320 g/mol. The molecule has 1 spiro atoms. The van der Waals surface area contributed by atoms with E-state index in [1.54, 1.807) is 0 Å². The number of ether oxygens (including phenoxy) is 2. The summed E-state index contributed by atoms with van der Waals surface area (Å²) in [5.74, 6) is 1.17. The van der Waals surface area contributed by atoms with Gasteiger partial charge in [-0.15, -0.1) is 0 Å². The van der Waals surface area contributed by atoms with Crippen LogP contribution in [0.2, 0.25) is 23.7 Å². The van der Waals surface area contributed by atoms with E-state index in [4.69, 9.17) is 9.47 Å². The molecule has 0 unspecified atom stereocenters. The number of hydrogen-bond donors (Lipinski definition) is 0. The van der Waals surface area contributed by atoms with Crippen molar-refractivity contribution in [3.63, 3.8) is 0 Å². The minimum Gasteiger partial charge on any atom is -0.466 e. The van der Waals surface area contributed by atoms with Gasteiger partial charge in [-0.3, -0.25) is 9.59 Å². The van der Waals surface area contributed by atoms with Crippen molar-refractivity contribution >= 4 is 20.0 Å². The molecule has 0 saturated carbocycles. The highest BCUT2D eigenvalue weighted by molar-refractivity contribution is 6.82. The van der Waals surface area contributed by atoms with E-state index in [0.29, 0.717) is 42.9 Å². The maximum absolute atomic E-state index is 12.0. The Hall–Kier alpha value is -0.843. The van der Waals surface area contributed by atoms with Crippen molar-refractivity contribution in [2.75, 3.05) is 13.2 Å². The van der Waals surface area contributed by atoms with E-state index in [2.05, 4.69) is 13.8 Å². The topological polar surface area (TPSA) is 52.6 Å². The van der Waals surface area contributed by atoms with Gasteiger partial charge in [-0.2, -0.15) is 0 Å². The Morgan fingerprint density at radius 3 is 2.42 bits per heavy atom. The fraction of sp³-hybridized carbons (Fsp3) is 0.895. The normalized spacial score (nSPS) is 30.1. The summed E-state index contributed by atoms with van der Waals surface area (Å²) in [6, 6.07) is 4.06. The summed E-state index contributed by atoms with van der Waals surface area (Å²) in [5, 5.41) is 0. The largest absolute Gasteiger partial charge is 0.466 e. The number of esters is 2. The quantitative estimate of drug-likeness (QED) is 0.524. The molecule has 0 amide bonds. The van der Waals surface area contributed by atoms with Crippen molar-refractivity contribution in [1.29, 1.82) is 0 Å². The van der Waals surface area contributed by atoms with Crippen molar-refractivity contribution in [2.24, 2.45) is 17.8 Å². The molecule has 0 N–H and O–H groups in total. The second-order valence-electron chi connectivity index (χ2n) is 8.06. The van der Waals surface area contributed by atoms with Gasteiger partial charge in [0.05, 0.1) is 21.3 Å². The summed E-state index contributed by atoms with van der Waals surface area (Å²) < 4.78 is 10.6. The second-order valence-corrected chi connectivity index (χ2v) is 12.9. The zero-order valence-electron chi connectivity index (χ0n) is 15.8. The molecule has 0 aliphatic carbocycles. The molecule has 2 aliphatic heterocycles. The lowest BCUT2D eigenvalue weighted by atomic mass is 9.86. The monoisotopic (exact) mass is 354 g/mol. The highest BCUT2D eigenvalue weighted by Gasteiger charge is 2.55. The number of hydrogen-bond acceptors (Lipinski definition) is 4. The highest BCUT2D eigenvalue weighted by atomic mass is 28.3. The minimum absolute atomic E-state index is 0.0393. The van der Waals surface area contributed by atoms with Gasteiger partial charge in [0, 0.05) is 13.3 Å². The van der Waals surface area contributed by atoms with Crippen LogP contribution in [0.3, 0.4) is 0 Å².